The van der Waals surface area contributed by atoms with E-state index in [2.05, 4.69) is 15.2 Å². The second kappa shape index (κ2) is 9.94. The molecule has 0 saturated carbocycles. The van der Waals surface area contributed by atoms with Gasteiger partial charge in [-0.2, -0.15) is 0 Å². The quantitative estimate of drug-likeness (QED) is 0.597. The number of methoxy groups -OCH3 is 2. The number of carbonyl (C=O) groups excluding carboxylic acids is 1. The Hall–Kier alpha value is -2.90. The molecular formula is C24H29N3O4. The smallest absolute Gasteiger partial charge is 0.251 e. The summed E-state index contributed by atoms with van der Waals surface area (Å²) in [6, 6.07) is 12.9. The average molecular weight is 424 g/mol. The molecule has 4 rings (SSSR count). The highest BCUT2D eigenvalue weighted by molar-refractivity contribution is 5.97. The Balaban J connectivity index is 1.40. The van der Waals surface area contributed by atoms with Crippen molar-refractivity contribution in [2.45, 2.75) is 12.8 Å². The van der Waals surface area contributed by atoms with Crippen molar-refractivity contribution in [1.82, 2.24) is 15.2 Å². The molecule has 1 aromatic heterocycles. The van der Waals surface area contributed by atoms with Crippen molar-refractivity contribution >= 4 is 17.0 Å². The monoisotopic (exact) mass is 423 g/mol. The number of rotatable bonds is 8. The maximum absolute atomic E-state index is 12.7. The summed E-state index contributed by atoms with van der Waals surface area (Å²) in [6.07, 6.45) is 2.29. The molecule has 1 atom stereocenters. The van der Waals surface area contributed by atoms with Crippen LogP contribution in [0.3, 0.4) is 0 Å². The number of aromatic nitrogens is 1. The number of fused-ring (bicyclic) bond motifs is 1. The van der Waals surface area contributed by atoms with E-state index in [4.69, 9.17) is 13.9 Å². The fourth-order valence-corrected chi connectivity index (χ4v) is 4.03. The minimum Gasteiger partial charge on any atom is -0.497 e. The molecule has 0 radical (unpaired) electrons. The molecule has 1 N–H and O–H groups in total. The average Bonchev–Trinajstić information content (AvgIpc) is 3.25. The third-order valence-electron chi connectivity index (χ3n) is 5.73. The highest BCUT2D eigenvalue weighted by Crippen LogP contribution is 2.27. The maximum atomic E-state index is 12.7. The summed E-state index contributed by atoms with van der Waals surface area (Å²) in [4.78, 5) is 19.7. The molecule has 3 aromatic rings. The van der Waals surface area contributed by atoms with E-state index in [1.807, 2.05) is 30.3 Å². The van der Waals surface area contributed by atoms with Crippen LogP contribution in [0.25, 0.3) is 22.6 Å². The Kier molecular flexibility index (Phi) is 6.84. The van der Waals surface area contributed by atoms with E-state index >= 15 is 0 Å². The standard InChI is InChI=1S/C24H29N3O4/c1-29-12-11-27-10-4-5-17(16-27)15-25-23(28)18-8-9-21-22(14-18)31-24(26-21)19-6-3-7-20(13-19)30-2/h3,6-9,13-14,17H,4-5,10-12,15-16H2,1-2H3,(H,25,28). The summed E-state index contributed by atoms with van der Waals surface area (Å²) in [7, 11) is 3.35. The van der Waals surface area contributed by atoms with Gasteiger partial charge in [-0.15, -0.1) is 0 Å². The second-order valence-corrected chi connectivity index (χ2v) is 7.95. The van der Waals surface area contributed by atoms with Crippen LogP contribution in [0.2, 0.25) is 0 Å². The molecule has 0 spiro atoms. The molecule has 0 bridgehead atoms. The molecular weight excluding hydrogens is 394 g/mol. The zero-order valence-electron chi connectivity index (χ0n) is 18.1. The van der Waals surface area contributed by atoms with Gasteiger partial charge in [-0.1, -0.05) is 6.07 Å². The van der Waals surface area contributed by atoms with E-state index < -0.39 is 0 Å². The SMILES string of the molecule is COCCN1CCCC(CNC(=O)c2ccc3nc(-c4cccc(OC)c4)oc3c2)C1. The third-order valence-corrected chi connectivity index (χ3v) is 5.73. The third kappa shape index (κ3) is 5.24. The first-order valence-electron chi connectivity index (χ1n) is 10.7. The van der Waals surface area contributed by atoms with Crippen molar-refractivity contribution in [3.8, 4) is 17.2 Å². The van der Waals surface area contributed by atoms with Gasteiger partial charge in [-0.25, -0.2) is 4.98 Å². The summed E-state index contributed by atoms with van der Waals surface area (Å²) in [5, 5.41) is 3.09. The van der Waals surface area contributed by atoms with Crippen LogP contribution in [0, 0.1) is 5.92 Å². The van der Waals surface area contributed by atoms with Gasteiger partial charge in [-0.05, 0) is 61.7 Å². The Morgan fingerprint density at radius 3 is 3.00 bits per heavy atom. The second-order valence-electron chi connectivity index (χ2n) is 7.95. The predicted molar refractivity (Wildman–Crippen MR) is 119 cm³/mol. The zero-order valence-corrected chi connectivity index (χ0v) is 18.1. The predicted octanol–water partition coefficient (Wildman–Crippen LogP) is 3.59. The fourth-order valence-electron chi connectivity index (χ4n) is 4.03. The van der Waals surface area contributed by atoms with Crippen LogP contribution in [0.1, 0.15) is 23.2 Å². The Labute approximate surface area is 182 Å². The van der Waals surface area contributed by atoms with Crippen LogP contribution in [0.5, 0.6) is 5.75 Å². The van der Waals surface area contributed by atoms with Crippen molar-refractivity contribution in [1.29, 1.82) is 0 Å². The van der Waals surface area contributed by atoms with E-state index in [0.29, 0.717) is 29.5 Å². The normalized spacial score (nSPS) is 17.0. The lowest BCUT2D eigenvalue weighted by Crippen LogP contribution is -2.42. The lowest BCUT2D eigenvalue weighted by Gasteiger charge is -2.32. The van der Waals surface area contributed by atoms with Crippen molar-refractivity contribution in [3.63, 3.8) is 0 Å². The zero-order chi connectivity index (χ0) is 21.6. The first kappa shape index (κ1) is 21.3. The summed E-state index contributed by atoms with van der Waals surface area (Å²) >= 11 is 0. The van der Waals surface area contributed by atoms with Crippen molar-refractivity contribution in [2.24, 2.45) is 5.92 Å². The highest BCUT2D eigenvalue weighted by atomic mass is 16.5. The van der Waals surface area contributed by atoms with Gasteiger partial charge in [0.05, 0.1) is 13.7 Å². The van der Waals surface area contributed by atoms with E-state index in [0.717, 1.165) is 55.9 Å². The van der Waals surface area contributed by atoms with Crippen molar-refractivity contribution in [3.05, 3.63) is 48.0 Å². The molecule has 2 aromatic carbocycles. The Morgan fingerprint density at radius 1 is 1.26 bits per heavy atom. The molecule has 1 fully saturated rings. The largest absolute Gasteiger partial charge is 0.497 e. The molecule has 1 amide bonds. The molecule has 7 heteroatoms. The molecule has 0 aliphatic carbocycles. The first-order valence-corrected chi connectivity index (χ1v) is 10.7. The number of carbonyl (C=O) groups is 1. The van der Waals surface area contributed by atoms with E-state index in [1.54, 1.807) is 26.4 Å². The molecule has 1 aliphatic rings. The molecule has 1 aliphatic heterocycles. The highest BCUT2D eigenvalue weighted by Gasteiger charge is 2.20. The van der Waals surface area contributed by atoms with Crippen LogP contribution in [0.4, 0.5) is 0 Å². The van der Waals surface area contributed by atoms with Gasteiger partial charge in [0.15, 0.2) is 5.58 Å². The van der Waals surface area contributed by atoms with E-state index in [1.165, 1.54) is 0 Å². The number of likely N-dealkylation sites (tertiary alicyclic amines) is 1. The van der Waals surface area contributed by atoms with Crippen LogP contribution < -0.4 is 10.1 Å². The number of benzene rings is 2. The summed E-state index contributed by atoms with van der Waals surface area (Å²) < 4.78 is 16.4. The van der Waals surface area contributed by atoms with Crippen LogP contribution in [-0.4, -0.2) is 62.8 Å². The molecule has 7 nitrogen and oxygen atoms in total. The van der Waals surface area contributed by atoms with Gasteiger partial charge in [-0.3, -0.25) is 4.79 Å². The van der Waals surface area contributed by atoms with E-state index in [-0.39, 0.29) is 5.91 Å². The van der Waals surface area contributed by atoms with Gasteiger partial charge in [0.25, 0.3) is 5.91 Å². The summed E-state index contributed by atoms with van der Waals surface area (Å²) in [5.41, 5.74) is 2.72. The number of hydrogen-bond acceptors (Lipinski definition) is 6. The number of hydrogen-bond donors (Lipinski definition) is 1. The van der Waals surface area contributed by atoms with Crippen molar-refractivity contribution < 1.29 is 18.7 Å². The molecule has 2 heterocycles. The lowest BCUT2D eigenvalue weighted by molar-refractivity contribution is 0.0913. The van der Waals surface area contributed by atoms with Crippen LogP contribution in [-0.2, 0) is 4.74 Å². The number of nitrogens with zero attached hydrogens (tertiary/aromatic N) is 2. The van der Waals surface area contributed by atoms with Crippen LogP contribution in [0.15, 0.2) is 46.9 Å². The Morgan fingerprint density at radius 2 is 2.16 bits per heavy atom. The minimum atomic E-state index is -0.0877. The molecule has 1 saturated heterocycles. The minimum absolute atomic E-state index is 0.0877. The number of piperidine rings is 1. The topological polar surface area (TPSA) is 76.8 Å². The lowest BCUT2D eigenvalue weighted by atomic mass is 9.98. The fraction of sp³-hybridized carbons (Fsp3) is 0.417. The van der Waals surface area contributed by atoms with Gasteiger partial charge < -0.3 is 24.1 Å². The number of nitrogens with one attached hydrogen (secondary N) is 1. The molecule has 31 heavy (non-hydrogen) atoms. The Bertz CT molecular complexity index is 1030. The number of ether oxygens (including phenoxy) is 2. The van der Waals surface area contributed by atoms with E-state index in [9.17, 15) is 4.79 Å². The maximum Gasteiger partial charge on any atom is 0.251 e. The first-order chi connectivity index (χ1) is 15.2. The van der Waals surface area contributed by atoms with Gasteiger partial charge in [0.2, 0.25) is 5.89 Å². The summed E-state index contributed by atoms with van der Waals surface area (Å²) in [6.45, 7) is 4.46. The summed E-state index contributed by atoms with van der Waals surface area (Å²) in [5.74, 6) is 1.62. The molecule has 164 valence electrons. The van der Waals surface area contributed by atoms with Gasteiger partial charge >= 0.3 is 0 Å². The van der Waals surface area contributed by atoms with Crippen LogP contribution >= 0.6 is 0 Å². The molecule has 1 unspecified atom stereocenters. The number of amides is 1. The number of oxazole rings is 1. The van der Waals surface area contributed by atoms with Gasteiger partial charge in [0, 0.05) is 37.9 Å². The van der Waals surface area contributed by atoms with Gasteiger partial charge in [0.1, 0.15) is 11.3 Å². The van der Waals surface area contributed by atoms with Crippen molar-refractivity contribution in [2.75, 3.05) is 47.0 Å².